The van der Waals surface area contributed by atoms with Gasteiger partial charge in [0.15, 0.2) is 5.13 Å². The summed E-state index contributed by atoms with van der Waals surface area (Å²) in [5, 5.41) is 5.26. The minimum atomic E-state index is -0.150. The van der Waals surface area contributed by atoms with E-state index in [0.717, 1.165) is 10.6 Å². The smallest absolute Gasteiger partial charge is 0.257 e. The standard InChI is InChI=1S/C11H10N2OS2/c1-7-6-16-11(12-7)13-10(14)8-2-4-9(15)5-3-8/h2-6,15H,1H3,(H,12,13,14). The Balaban J connectivity index is 2.11. The van der Waals surface area contributed by atoms with Gasteiger partial charge >= 0.3 is 0 Å². The molecule has 0 fully saturated rings. The molecule has 5 heteroatoms. The number of nitrogens with one attached hydrogen (secondary N) is 1. The van der Waals surface area contributed by atoms with Crippen molar-refractivity contribution in [1.29, 1.82) is 0 Å². The minimum absolute atomic E-state index is 0.150. The number of hydrogen-bond donors (Lipinski definition) is 2. The Morgan fingerprint density at radius 3 is 2.62 bits per heavy atom. The molecule has 1 aromatic heterocycles. The molecule has 0 spiro atoms. The molecule has 1 N–H and O–H groups in total. The van der Waals surface area contributed by atoms with Crippen molar-refractivity contribution in [2.75, 3.05) is 5.32 Å². The number of aromatic nitrogens is 1. The third-order valence-electron chi connectivity index (χ3n) is 1.97. The van der Waals surface area contributed by atoms with Crippen molar-refractivity contribution in [2.24, 2.45) is 0 Å². The largest absolute Gasteiger partial charge is 0.298 e. The molecule has 82 valence electrons. The number of carbonyl (C=O) groups excluding carboxylic acids is 1. The van der Waals surface area contributed by atoms with Crippen LogP contribution in [0, 0.1) is 6.92 Å². The number of anilines is 1. The predicted molar refractivity (Wildman–Crippen MR) is 68.5 cm³/mol. The molecule has 1 aromatic carbocycles. The van der Waals surface area contributed by atoms with Crippen molar-refractivity contribution < 1.29 is 4.79 Å². The zero-order valence-corrected chi connectivity index (χ0v) is 10.3. The number of rotatable bonds is 2. The van der Waals surface area contributed by atoms with Crippen LogP contribution in [0.2, 0.25) is 0 Å². The summed E-state index contributed by atoms with van der Waals surface area (Å²) in [6.07, 6.45) is 0. The number of aryl methyl sites for hydroxylation is 1. The van der Waals surface area contributed by atoms with Gasteiger partial charge in [-0.1, -0.05) is 0 Å². The third-order valence-corrected chi connectivity index (χ3v) is 3.14. The number of nitrogens with zero attached hydrogens (tertiary/aromatic N) is 1. The highest BCUT2D eigenvalue weighted by Gasteiger charge is 2.07. The topological polar surface area (TPSA) is 42.0 Å². The van der Waals surface area contributed by atoms with Crippen LogP contribution in [-0.2, 0) is 0 Å². The summed E-state index contributed by atoms with van der Waals surface area (Å²) < 4.78 is 0. The summed E-state index contributed by atoms with van der Waals surface area (Å²) in [5.74, 6) is -0.150. The molecule has 0 aliphatic heterocycles. The molecule has 0 aliphatic rings. The second kappa shape index (κ2) is 4.67. The van der Waals surface area contributed by atoms with Crippen LogP contribution in [0.1, 0.15) is 16.1 Å². The van der Waals surface area contributed by atoms with Crippen molar-refractivity contribution in [3.8, 4) is 0 Å². The van der Waals surface area contributed by atoms with Gasteiger partial charge in [-0.05, 0) is 31.2 Å². The molecule has 0 aliphatic carbocycles. The highest BCUT2D eigenvalue weighted by atomic mass is 32.1. The molecular weight excluding hydrogens is 240 g/mol. The van der Waals surface area contributed by atoms with E-state index in [9.17, 15) is 4.79 Å². The van der Waals surface area contributed by atoms with Gasteiger partial charge in [0.05, 0.1) is 5.69 Å². The fraction of sp³-hybridized carbons (Fsp3) is 0.0909. The molecule has 0 unspecified atom stereocenters. The van der Waals surface area contributed by atoms with E-state index >= 15 is 0 Å². The number of hydrogen-bond acceptors (Lipinski definition) is 4. The van der Waals surface area contributed by atoms with Crippen LogP contribution >= 0.6 is 24.0 Å². The maximum absolute atomic E-state index is 11.8. The van der Waals surface area contributed by atoms with Crippen LogP contribution < -0.4 is 5.32 Å². The zero-order chi connectivity index (χ0) is 11.5. The third kappa shape index (κ3) is 2.62. The van der Waals surface area contributed by atoms with Crippen LogP contribution in [0.3, 0.4) is 0 Å². The van der Waals surface area contributed by atoms with Gasteiger partial charge in [-0.15, -0.1) is 24.0 Å². The van der Waals surface area contributed by atoms with E-state index in [-0.39, 0.29) is 5.91 Å². The first kappa shape index (κ1) is 11.2. The van der Waals surface area contributed by atoms with Crippen molar-refractivity contribution in [1.82, 2.24) is 4.98 Å². The number of carbonyl (C=O) groups is 1. The second-order valence-electron chi connectivity index (χ2n) is 3.30. The summed E-state index contributed by atoms with van der Waals surface area (Å²) in [4.78, 5) is 16.8. The molecule has 0 radical (unpaired) electrons. The van der Waals surface area contributed by atoms with E-state index in [1.807, 2.05) is 12.3 Å². The number of thiazole rings is 1. The lowest BCUT2D eigenvalue weighted by atomic mass is 10.2. The number of benzene rings is 1. The van der Waals surface area contributed by atoms with Gasteiger partial charge < -0.3 is 0 Å². The van der Waals surface area contributed by atoms with Gasteiger partial charge in [0, 0.05) is 15.8 Å². The number of amides is 1. The van der Waals surface area contributed by atoms with E-state index in [1.54, 1.807) is 24.3 Å². The molecule has 3 nitrogen and oxygen atoms in total. The summed E-state index contributed by atoms with van der Waals surface area (Å²) >= 11 is 5.58. The normalized spacial score (nSPS) is 10.1. The Morgan fingerprint density at radius 2 is 2.06 bits per heavy atom. The fourth-order valence-electron chi connectivity index (χ4n) is 1.19. The minimum Gasteiger partial charge on any atom is -0.298 e. The molecule has 0 saturated heterocycles. The van der Waals surface area contributed by atoms with Gasteiger partial charge in [-0.25, -0.2) is 4.98 Å². The molecule has 0 saturated carbocycles. The summed E-state index contributed by atoms with van der Waals surface area (Å²) in [7, 11) is 0. The van der Waals surface area contributed by atoms with Gasteiger partial charge in [0.25, 0.3) is 5.91 Å². The van der Waals surface area contributed by atoms with E-state index in [0.29, 0.717) is 10.7 Å². The van der Waals surface area contributed by atoms with E-state index in [4.69, 9.17) is 0 Å². The highest BCUT2D eigenvalue weighted by Crippen LogP contribution is 2.16. The molecule has 0 bridgehead atoms. The van der Waals surface area contributed by atoms with Crippen LogP contribution in [0.15, 0.2) is 34.5 Å². The number of thiol groups is 1. The first-order valence-corrected chi connectivity index (χ1v) is 6.00. The Labute approximate surface area is 103 Å². The Hall–Kier alpha value is -1.33. The van der Waals surface area contributed by atoms with Gasteiger partial charge in [0.2, 0.25) is 0 Å². The second-order valence-corrected chi connectivity index (χ2v) is 4.67. The molecular formula is C11H10N2OS2. The summed E-state index contributed by atoms with van der Waals surface area (Å²) in [5.41, 5.74) is 1.51. The van der Waals surface area contributed by atoms with Crippen molar-refractivity contribution in [2.45, 2.75) is 11.8 Å². The lowest BCUT2D eigenvalue weighted by molar-refractivity contribution is 0.102. The molecule has 1 amide bonds. The van der Waals surface area contributed by atoms with Crippen LogP contribution in [-0.4, -0.2) is 10.9 Å². The van der Waals surface area contributed by atoms with Crippen molar-refractivity contribution >= 4 is 35.0 Å². The lowest BCUT2D eigenvalue weighted by Crippen LogP contribution is -2.11. The van der Waals surface area contributed by atoms with Crippen molar-refractivity contribution in [3.05, 3.63) is 40.9 Å². The van der Waals surface area contributed by atoms with Gasteiger partial charge in [-0.2, -0.15) is 0 Å². The first-order chi connectivity index (χ1) is 7.65. The molecule has 2 rings (SSSR count). The summed E-state index contributed by atoms with van der Waals surface area (Å²) in [6.45, 7) is 1.89. The van der Waals surface area contributed by atoms with Gasteiger partial charge in [0.1, 0.15) is 0 Å². The average Bonchev–Trinajstić information content (AvgIpc) is 2.65. The fourth-order valence-corrected chi connectivity index (χ4v) is 2.03. The zero-order valence-electron chi connectivity index (χ0n) is 8.60. The quantitative estimate of drug-likeness (QED) is 0.805. The van der Waals surface area contributed by atoms with E-state index in [2.05, 4.69) is 22.9 Å². The van der Waals surface area contributed by atoms with E-state index in [1.165, 1.54) is 11.3 Å². The summed E-state index contributed by atoms with van der Waals surface area (Å²) in [6, 6.07) is 7.03. The Kier molecular flexibility index (Phi) is 3.26. The van der Waals surface area contributed by atoms with Crippen molar-refractivity contribution in [3.63, 3.8) is 0 Å². The Bertz CT molecular complexity index is 505. The SMILES string of the molecule is Cc1csc(NC(=O)c2ccc(S)cc2)n1. The average molecular weight is 250 g/mol. The first-order valence-electron chi connectivity index (χ1n) is 4.67. The monoisotopic (exact) mass is 250 g/mol. The maximum Gasteiger partial charge on any atom is 0.257 e. The molecule has 0 atom stereocenters. The van der Waals surface area contributed by atoms with Crippen LogP contribution in [0.5, 0.6) is 0 Å². The predicted octanol–water partition coefficient (Wildman–Crippen LogP) is 2.99. The van der Waals surface area contributed by atoms with Crippen LogP contribution in [0.25, 0.3) is 0 Å². The van der Waals surface area contributed by atoms with Crippen LogP contribution in [0.4, 0.5) is 5.13 Å². The van der Waals surface area contributed by atoms with E-state index < -0.39 is 0 Å². The molecule has 2 aromatic rings. The maximum atomic E-state index is 11.8. The Morgan fingerprint density at radius 1 is 1.38 bits per heavy atom. The molecule has 16 heavy (non-hydrogen) atoms. The van der Waals surface area contributed by atoms with Gasteiger partial charge in [-0.3, -0.25) is 10.1 Å². The highest BCUT2D eigenvalue weighted by molar-refractivity contribution is 7.80. The lowest BCUT2D eigenvalue weighted by Gasteiger charge is -2.01. The molecule has 1 heterocycles.